The third-order valence-corrected chi connectivity index (χ3v) is 4.12. The average molecular weight is 363 g/mol. The molecule has 20 heavy (non-hydrogen) atoms. The number of benzene rings is 1. The van der Waals surface area contributed by atoms with Crippen LogP contribution in [-0.2, 0) is 38.1 Å². The van der Waals surface area contributed by atoms with Crippen molar-refractivity contribution in [3.8, 4) is 5.69 Å². The molecule has 0 bridgehead atoms. The standard InChI is InChI=1S/C15H20N3S.Y/c1-11-6-5-7-12(8-11)18-14(16)9-13(17-18)15(2,3)10-19-4;/h5,7-9H,10,16H2,1-4H3;/q-1;. The minimum absolute atomic E-state index is 0. The Balaban J connectivity index is 0.00000200. The van der Waals surface area contributed by atoms with E-state index in [1.807, 2.05) is 43.0 Å². The zero-order chi connectivity index (χ0) is 14.0. The molecule has 0 amide bonds. The molecule has 0 saturated heterocycles. The van der Waals surface area contributed by atoms with Crippen molar-refractivity contribution >= 4 is 17.6 Å². The largest absolute Gasteiger partial charge is 0.384 e. The van der Waals surface area contributed by atoms with Gasteiger partial charge in [0.05, 0.1) is 5.69 Å². The van der Waals surface area contributed by atoms with E-state index in [1.165, 1.54) is 0 Å². The molecule has 0 aliphatic carbocycles. The van der Waals surface area contributed by atoms with E-state index in [0.717, 1.165) is 22.7 Å². The minimum atomic E-state index is 0. The maximum Gasteiger partial charge on any atom is 0.124 e. The number of thioether (sulfide) groups is 1. The van der Waals surface area contributed by atoms with Crippen molar-refractivity contribution in [2.24, 2.45) is 0 Å². The molecule has 2 N–H and O–H groups in total. The smallest absolute Gasteiger partial charge is 0.124 e. The Bertz CT molecular complexity index is 578. The van der Waals surface area contributed by atoms with Crippen molar-refractivity contribution in [3.63, 3.8) is 0 Å². The van der Waals surface area contributed by atoms with Crippen LogP contribution in [0.2, 0.25) is 0 Å². The predicted molar refractivity (Wildman–Crippen MR) is 83.0 cm³/mol. The summed E-state index contributed by atoms with van der Waals surface area (Å²) in [5, 5.41) is 4.68. The number of nitrogen functional groups attached to an aromatic ring is 1. The van der Waals surface area contributed by atoms with E-state index in [2.05, 4.69) is 31.3 Å². The maximum atomic E-state index is 6.10. The molecule has 0 unspecified atom stereocenters. The van der Waals surface area contributed by atoms with Gasteiger partial charge in [-0.05, 0) is 11.9 Å². The van der Waals surface area contributed by atoms with Crippen LogP contribution < -0.4 is 5.73 Å². The van der Waals surface area contributed by atoms with E-state index >= 15 is 0 Å². The van der Waals surface area contributed by atoms with Crippen molar-refractivity contribution < 1.29 is 32.7 Å². The summed E-state index contributed by atoms with van der Waals surface area (Å²) in [4.78, 5) is 0. The first kappa shape index (κ1) is 17.7. The van der Waals surface area contributed by atoms with Crippen LogP contribution in [0.15, 0.2) is 24.3 Å². The Kier molecular flexibility index (Phi) is 6.30. The molecule has 105 valence electrons. The van der Waals surface area contributed by atoms with Crippen LogP contribution in [0.4, 0.5) is 5.82 Å². The summed E-state index contributed by atoms with van der Waals surface area (Å²) in [6.07, 6.45) is 2.11. The molecule has 3 nitrogen and oxygen atoms in total. The number of aromatic nitrogens is 2. The maximum absolute atomic E-state index is 6.10. The quantitative estimate of drug-likeness (QED) is 0.849. The summed E-state index contributed by atoms with van der Waals surface area (Å²) in [6.45, 7) is 6.40. The van der Waals surface area contributed by atoms with Gasteiger partial charge in [-0.3, -0.25) is 0 Å². The van der Waals surface area contributed by atoms with Crippen LogP contribution >= 0.6 is 11.8 Å². The van der Waals surface area contributed by atoms with Crippen LogP contribution in [0.3, 0.4) is 0 Å². The molecule has 0 saturated carbocycles. The van der Waals surface area contributed by atoms with Crippen LogP contribution in [0.5, 0.6) is 0 Å². The first-order valence-electron chi connectivity index (χ1n) is 6.28. The van der Waals surface area contributed by atoms with Gasteiger partial charge in [0.1, 0.15) is 5.82 Å². The van der Waals surface area contributed by atoms with Gasteiger partial charge < -0.3 is 5.73 Å². The van der Waals surface area contributed by atoms with E-state index in [0.29, 0.717) is 5.82 Å². The van der Waals surface area contributed by atoms with Gasteiger partial charge in [0.25, 0.3) is 0 Å². The molecule has 2 aromatic rings. The molecule has 2 rings (SSSR count). The third-order valence-electron chi connectivity index (χ3n) is 3.11. The molecule has 0 aliphatic heterocycles. The van der Waals surface area contributed by atoms with Gasteiger partial charge in [-0.15, -0.1) is 12.1 Å². The third kappa shape index (κ3) is 3.87. The average Bonchev–Trinajstić information content (AvgIpc) is 2.72. The number of anilines is 1. The monoisotopic (exact) mass is 363 g/mol. The second kappa shape index (κ2) is 7.10. The van der Waals surface area contributed by atoms with Gasteiger partial charge in [0.15, 0.2) is 0 Å². The van der Waals surface area contributed by atoms with Gasteiger partial charge in [0.2, 0.25) is 0 Å². The van der Waals surface area contributed by atoms with Crippen molar-refractivity contribution in [2.75, 3.05) is 17.7 Å². The van der Waals surface area contributed by atoms with Gasteiger partial charge in [-0.1, -0.05) is 20.8 Å². The zero-order valence-electron chi connectivity index (χ0n) is 12.5. The number of nitrogens with zero attached hydrogens (tertiary/aromatic N) is 2. The minimum Gasteiger partial charge on any atom is -0.384 e. The van der Waals surface area contributed by atoms with E-state index in [1.54, 1.807) is 4.68 Å². The molecule has 0 atom stereocenters. The van der Waals surface area contributed by atoms with E-state index in [4.69, 9.17) is 5.73 Å². The fourth-order valence-electron chi connectivity index (χ4n) is 2.07. The normalized spacial score (nSPS) is 11.2. The number of hydrogen-bond donors (Lipinski definition) is 1. The Labute approximate surface area is 150 Å². The molecular weight excluding hydrogens is 343 g/mol. The van der Waals surface area contributed by atoms with E-state index in [9.17, 15) is 0 Å². The summed E-state index contributed by atoms with van der Waals surface area (Å²) in [5.74, 6) is 1.69. The predicted octanol–water partition coefficient (Wildman–Crippen LogP) is 3.20. The van der Waals surface area contributed by atoms with E-state index < -0.39 is 0 Å². The summed E-state index contributed by atoms with van der Waals surface area (Å²) in [5.41, 5.74) is 9.22. The van der Waals surface area contributed by atoms with E-state index in [-0.39, 0.29) is 38.1 Å². The topological polar surface area (TPSA) is 43.8 Å². The van der Waals surface area contributed by atoms with Crippen molar-refractivity contribution in [3.05, 3.63) is 41.6 Å². The fraction of sp³-hybridized carbons (Fsp3) is 0.400. The summed E-state index contributed by atoms with van der Waals surface area (Å²) < 4.78 is 1.80. The SMILES string of the molecule is CSCC(C)(C)c1cc(N)n(-c2cc[c-]c(C)c2)n1.[Y]. The van der Waals surface area contributed by atoms with Gasteiger partial charge in [0, 0.05) is 49.9 Å². The first-order valence-corrected chi connectivity index (χ1v) is 7.67. The zero-order valence-corrected chi connectivity index (χ0v) is 16.1. The molecular formula is C15H20N3SY-. The molecule has 5 heteroatoms. The molecule has 1 aromatic heterocycles. The second-order valence-electron chi connectivity index (χ2n) is 5.41. The number of rotatable bonds is 4. The van der Waals surface area contributed by atoms with Gasteiger partial charge in [-0.25, -0.2) is 4.68 Å². The van der Waals surface area contributed by atoms with Gasteiger partial charge >= 0.3 is 0 Å². The molecule has 0 spiro atoms. The molecule has 0 fully saturated rings. The van der Waals surface area contributed by atoms with Crippen LogP contribution in [0.25, 0.3) is 5.69 Å². The number of aryl methyl sites for hydroxylation is 1. The summed E-state index contributed by atoms with van der Waals surface area (Å²) >= 11 is 1.82. The fourth-order valence-corrected chi connectivity index (χ4v) is 2.94. The molecule has 1 heterocycles. The van der Waals surface area contributed by atoms with Gasteiger partial charge in [-0.2, -0.15) is 34.6 Å². The van der Waals surface area contributed by atoms with Crippen molar-refractivity contribution in [1.82, 2.24) is 9.78 Å². The second-order valence-corrected chi connectivity index (χ2v) is 6.28. The Hall–Kier alpha value is -0.316. The molecule has 0 aliphatic rings. The first-order chi connectivity index (χ1) is 8.94. The van der Waals surface area contributed by atoms with Crippen LogP contribution in [0, 0.1) is 13.0 Å². The number of hydrogen-bond acceptors (Lipinski definition) is 3. The van der Waals surface area contributed by atoms with Crippen molar-refractivity contribution in [2.45, 2.75) is 26.2 Å². The Morgan fingerprint density at radius 1 is 1.40 bits per heavy atom. The Morgan fingerprint density at radius 3 is 2.70 bits per heavy atom. The summed E-state index contributed by atoms with van der Waals surface area (Å²) in [7, 11) is 0. The molecule has 1 aromatic carbocycles. The Morgan fingerprint density at radius 2 is 2.10 bits per heavy atom. The van der Waals surface area contributed by atoms with Crippen LogP contribution in [-0.4, -0.2) is 21.8 Å². The van der Waals surface area contributed by atoms with Crippen LogP contribution in [0.1, 0.15) is 25.1 Å². The molecule has 1 radical (unpaired) electrons. The number of nitrogens with two attached hydrogens (primary N) is 1. The summed E-state index contributed by atoms with van der Waals surface area (Å²) in [6, 6.07) is 11.0. The van der Waals surface area contributed by atoms with Crippen molar-refractivity contribution in [1.29, 1.82) is 0 Å².